The van der Waals surface area contributed by atoms with Gasteiger partial charge in [-0.2, -0.15) is 5.26 Å². The van der Waals surface area contributed by atoms with E-state index >= 15 is 0 Å². The summed E-state index contributed by atoms with van der Waals surface area (Å²) in [6, 6.07) is 9.35. The molecule has 1 N–H and O–H groups in total. The number of hydrogen-bond acceptors (Lipinski definition) is 4. The number of benzene rings is 1. The first-order valence-corrected chi connectivity index (χ1v) is 6.61. The first-order valence-electron chi connectivity index (χ1n) is 6.61. The van der Waals surface area contributed by atoms with Crippen molar-refractivity contribution in [2.75, 3.05) is 19.7 Å². The fraction of sp³-hybridized carbons (Fsp3) is 0.533. The van der Waals surface area contributed by atoms with Gasteiger partial charge in [-0.3, -0.25) is 4.90 Å². The number of nitrogens with zero attached hydrogens (tertiary/aromatic N) is 2. The predicted molar refractivity (Wildman–Crippen MR) is 75.0 cm³/mol. The van der Waals surface area contributed by atoms with Crippen molar-refractivity contribution in [2.45, 2.75) is 32.9 Å². The molecule has 104 valence electrons. The molecule has 4 nitrogen and oxygen atoms in total. The van der Waals surface area contributed by atoms with Gasteiger partial charge in [0.05, 0.1) is 11.6 Å². The minimum Gasteiger partial charge on any atom is -0.491 e. The largest absolute Gasteiger partial charge is 0.491 e. The van der Waals surface area contributed by atoms with E-state index in [1.54, 1.807) is 24.3 Å². The van der Waals surface area contributed by atoms with Gasteiger partial charge in [-0.1, -0.05) is 6.92 Å². The second kappa shape index (κ2) is 7.78. The zero-order chi connectivity index (χ0) is 14.3. The Morgan fingerprint density at radius 1 is 1.32 bits per heavy atom. The fourth-order valence-corrected chi connectivity index (χ4v) is 1.85. The van der Waals surface area contributed by atoms with Crippen molar-refractivity contribution in [3.05, 3.63) is 29.8 Å². The topological polar surface area (TPSA) is 56.5 Å². The van der Waals surface area contributed by atoms with Crippen molar-refractivity contribution in [1.29, 1.82) is 5.26 Å². The van der Waals surface area contributed by atoms with Gasteiger partial charge in [-0.15, -0.1) is 0 Å². The molecule has 0 aromatic heterocycles. The molecule has 0 spiro atoms. The molecule has 1 rings (SSSR count). The average molecular weight is 262 g/mol. The van der Waals surface area contributed by atoms with Crippen molar-refractivity contribution in [1.82, 2.24) is 4.90 Å². The van der Waals surface area contributed by atoms with Crippen molar-refractivity contribution < 1.29 is 9.84 Å². The maximum Gasteiger partial charge on any atom is 0.119 e. The number of hydrogen-bond donors (Lipinski definition) is 1. The number of aliphatic hydroxyl groups is 1. The zero-order valence-electron chi connectivity index (χ0n) is 11.8. The lowest BCUT2D eigenvalue weighted by Crippen LogP contribution is -2.39. The van der Waals surface area contributed by atoms with E-state index in [0.29, 0.717) is 23.9 Å². The summed E-state index contributed by atoms with van der Waals surface area (Å²) in [4.78, 5) is 2.19. The Bertz CT molecular complexity index is 409. The van der Waals surface area contributed by atoms with Gasteiger partial charge in [0.25, 0.3) is 0 Å². The molecule has 0 bridgehead atoms. The molecule has 4 heteroatoms. The molecular formula is C15H22N2O2. The summed E-state index contributed by atoms with van der Waals surface area (Å²) in [5.41, 5.74) is 0.602. The van der Waals surface area contributed by atoms with Crippen LogP contribution in [0.4, 0.5) is 0 Å². The lowest BCUT2D eigenvalue weighted by Gasteiger charge is -2.27. The quantitative estimate of drug-likeness (QED) is 0.817. The monoisotopic (exact) mass is 262 g/mol. The number of aliphatic hydroxyl groups excluding tert-OH is 1. The number of ether oxygens (including phenoxy) is 1. The third-order valence-electron chi connectivity index (χ3n) is 3.01. The van der Waals surface area contributed by atoms with E-state index in [1.165, 1.54) is 0 Å². The summed E-state index contributed by atoms with van der Waals surface area (Å²) >= 11 is 0. The summed E-state index contributed by atoms with van der Waals surface area (Å²) in [5.74, 6) is 0.672. The van der Waals surface area contributed by atoms with Crippen LogP contribution in [0, 0.1) is 11.3 Å². The van der Waals surface area contributed by atoms with Crippen LogP contribution < -0.4 is 4.74 Å². The smallest absolute Gasteiger partial charge is 0.119 e. The van der Waals surface area contributed by atoms with Crippen molar-refractivity contribution in [3.63, 3.8) is 0 Å². The minimum absolute atomic E-state index is 0.259. The molecule has 0 saturated carbocycles. The standard InChI is InChI=1S/C15H22N2O2/c1-4-17(12(2)3)10-14(18)11-19-15-7-5-13(9-16)6-8-15/h5-8,12,14,18H,4,10-11H2,1-3H3. The van der Waals surface area contributed by atoms with E-state index in [9.17, 15) is 5.11 Å². The van der Waals surface area contributed by atoms with Crippen LogP contribution in [0.25, 0.3) is 0 Å². The third kappa shape index (κ3) is 5.29. The van der Waals surface area contributed by atoms with Crippen molar-refractivity contribution in [2.24, 2.45) is 0 Å². The Kier molecular flexibility index (Phi) is 6.34. The predicted octanol–water partition coefficient (Wildman–Crippen LogP) is 2.03. The maximum atomic E-state index is 9.94. The Morgan fingerprint density at radius 3 is 2.42 bits per heavy atom. The molecule has 0 fully saturated rings. The molecule has 0 aliphatic carbocycles. The van der Waals surface area contributed by atoms with Crippen molar-refractivity contribution >= 4 is 0 Å². The lowest BCUT2D eigenvalue weighted by atomic mass is 10.2. The van der Waals surface area contributed by atoms with E-state index < -0.39 is 6.10 Å². The van der Waals surface area contributed by atoms with E-state index in [-0.39, 0.29) is 6.61 Å². The normalized spacial score (nSPS) is 12.5. The number of nitriles is 1. The van der Waals surface area contributed by atoms with Crippen LogP contribution in [0.2, 0.25) is 0 Å². The number of likely N-dealkylation sites (N-methyl/N-ethyl adjacent to an activating group) is 1. The van der Waals surface area contributed by atoms with Crippen LogP contribution in [-0.4, -0.2) is 41.8 Å². The molecule has 0 aliphatic rings. The molecule has 0 saturated heterocycles. The maximum absolute atomic E-state index is 9.94. The van der Waals surface area contributed by atoms with E-state index in [0.717, 1.165) is 6.54 Å². The summed E-state index contributed by atoms with van der Waals surface area (Å²) in [6.45, 7) is 8.06. The van der Waals surface area contributed by atoms with E-state index in [1.807, 2.05) is 0 Å². The molecule has 1 aromatic rings. The lowest BCUT2D eigenvalue weighted by molar-refractivity contribution is 0.0597. The van der Waals surface area contributed by atoms with Crippen LogP contribution in [0.5, 0.6) is 5.75 Å². The fourth-order valence-electron chi connectivity index (χ4n) is 1.85. The molecule has 0 heterocycles. The molecule has 0 amide bonds. The van der Waals surface area contributed by atoms with Crippen LogP contribution in [0.15, 0.2) is 24.3 Å². The van der Waals surface area contributed by atoms with Gasteiger partial charge in [0.2, 0.25) is 0 Å². The van der Waals surface area contributed by atoms with Gasteiger partial charge in [0, 0.05) is 12.6 Å². The molecular weight excluding hydrogens is 240 g/mol. The van der Waals surface area contributed by atoms with Crippen LogP contribution >= 0.6 is 0 Å². The Hall–Kier alpha value is -1.57. The Balaban J connectivity index is 2.41. The van der Waals surface area contributed by atoms with Crippen LogP contribution in [-0.2, 0) is 0 Å². The van der Waals surface area contributed by atoms with E-state index in [2.05, 4.69) is 31.7 Å². The second-order valence-corrected chi connectivity index (χ2v) is 4.78. The van der Waals surface area contributed by atoms with Crippen LogP contribution in [0.1, 0.15) is 26.3 Å². The summed E-state index contributed by atoms with van der Waals surface area (Å²) in [5, 5.41) is 18.6. The van der Waals surface area contributed by atoms with E-state index in [4.69, 9.17) is 10.00 Å². The molecule has 0 radical (unpaired) electrons. The van der Waals surface area contributed by atoms with Gasteiger partial charge in [-0.05, 0) is 44.7 Å². The van der Waals surface area contributed by atoms with Gasteiger partial charge in [0.15, 0.2) is 0 Å². The second-order valence-electron chi connectivity index (χ2n) is 4.78. The Labute approximate surface area is 115 Å². The third-order valence-corrected chi connectivity index (χ3v) is 3.01. The highest BCUT2D eigenvalue weighted by molar-refractivity contribution is 5.34. The summed E-state index contributed by atoms with van der Waals surface area (Å²) < 4.78 is 5.51. The van der Waals surface area contributed by atoms with Gasteiger partial charge in [-0.25, -0.2) is 0 Å². The SMILES string of the molecule is CCN(CC(O)COc1ccc(C#N)cc1)C(C)C. The number of rotatable bonds is 7. The van der Waals surface area contributed by atoms with Gasteiger partial charge in [0.1, 0.15) is 18.5 Å². The highest BCUT2D eigenvalue weighted by Crippen LogP contribution is 2.12. The molecule has 19 heavy (non-hydrogen) atoms. The summed E-state index contributed by atoms with van der Waals surface area (Å²) in [7, 11) is 0. The average Bonchev–Trinajstić information content (AvgIpc) is 2.42. The highest BCUT2D eigenvalue weighted by Gasteiger charge is 2.13. The first kappa shape index (κ1) is 15.5. The minimum atomic E-state index is -0.516. The van der Waals surface area contributed by atoms with Gasteiger partial charge < -0.3 is 9.84 Å². The summed E-state index contributed by atoms with van der Waals surface area (Å²) in [6.07, 6.45) is -0.516. The molecule has 0 aliphatic heterocycles. The highest BCUT2D eigenvalue weighted by atomic mass is 16.5. The van der Waals surface area contributed by atoms with Gasteiger partial charge >= 0.3 is 0 Å². The van der Waals surface area contributed by atoms with Crippen molar-refractivity contribution in [3.8, 4) is 11.8 Å². The zero-order valence-corrected chi connectivity index (χ0v) is 11.8. The molecule has 1 unspecified atom stereocenters. The molecule has 1 atom stereocenters. The Morgan fingerprint density at radius 2 is 1.95 bits per heavy atom. The molecule has 1 aromatic carbocycles. The van der Waals surface area contributed by atoms with Crippen LogP contribution in [0.3, 0.4) is 0 Å². The first-order chi connectivity index (χ1) is 9.06.